The maximum Gasteiger partial charge on any atom is 0.208 e. The Bertz CT molecular complexity index is 719. The van der Waals surface area contributed by atoms with Crippen molar-refractivity contribution in [3.63, 3.8) is 0 Å². The number of anilines is 1. The number of aromatic nitrogens is 2. The van der Waals surface area contributed by atoms with Crippen LogP contribution in [0.2, 0.25) is 0 Å². The molecule has 0 saturated heterocycles. The number of nitrogens with two attached hydrogens (primary N) is 1. The number of rotatable bonds is 5. The van der Waals surface area contributed by atoms with E-state index < -0.39 is 10.0 Å². The molecule has 0 aliphatic rings. The highest BCUT2D eigenvalue weighted by molar-refractivity contribution is 7.88. The second-order valence-electron chi connectivity index (χ2n) is 5.19. The maximum atomic E-state index is 11.1. The predicted octanol–water partition coefficient (Wildman–Crippen LogP) is 1.29. The monoisotopic (exact) mass is 296 g/mol. The average molecular weight is 296 g/mol. The van der Waals surface area contributed by atoms with Crippen molar-refractivity contribution in [2.45, 2.75) is 26.3 Å². The molecule has 0 unspecified atom stereocenters. The molecule has 1 aromatic heterocycles. The first-order valence-corrected chi connectivity index (χ1v) is 8.37. The molecule has 0 aliphatic carbocycles. The highest BCUT2D eigenvalue weighted by Gasteiger charge is 2.14. The van der Waals surface area contributed by atoms with Crippen LogP contribution < -0.4 is 10.5 Å². The van der Waals surface area contributed by atoms with Crippen molar-refractivity contribution in [3.05, 3.63) is 24.0 Å². The van der Waals surface area contributed by atoms with Gasteiger partial charge in [0.25, 0.3) is 0 Å². The first-order chi connectivity index (χ1) is 9.28. The van der Waals surface area contributed by atoms with Crippen LogP contribution in [0.4, 0.5) is 5.69 Å². The summed E-state index contributed by atoms with van der Waals surface area (Å²) in [5.74, 6) is 1.18. The Morgan fingerprint density at radius 2 is 2.10 bits per heavy atom. The third kappa shape index (κ3) is 3.29. The lowest BCUT2D eigenvalue weighted by Gasteiger charge is -2.11. The largest absolute Gasteiger partial charge is 0.399 e. The van der Waals surface area contributed by atoms with Gasteiger partial charge in [-0.05, 0) is 18.2 Å². The third-order valence-electron chi connectivity index (χ3n) is 3.02. The van der Waals surface area contributed by atoms with Crippen molar-refractivity contribution in [1.82, 2.24) is 14.3 Å². The van der Waals surface area contributed by atoms with Gasteiger partial charge in [0.15, 0.2) is 0 Å². The molecule has 0 saturated carbocycles. The van der Waals surface area contributed by atoms with Gasteiger partial charge in [-0.1, -0.05) is 13.8 Å². The number of hydrogen-bond donors (Lipinski definition) is 2. The molecule has 6 nitrogen and oxygen atoms in total. The van der Waals surface area contributed by atoms with E-state index >= 15 is 0 Å². The summed E-state index contributed by atoms with van der Waals surface area (Å²) in [7, 11) is -3.17. The van der Waals surface area contributed by atoms with E-state index in [0.29, 0.717) is 18.8 Å². The van der Waals surface area contributed by atoms with E-state index in [1.54, 1.807) is 0 Å². The molecular weight excluding hydrogens is 276 g/mol. The van der Waals surface area contributed by atoms with Crippen molar-refractivity contribution in [3.8, 4) is 0 Å². The van der Waals surface area contributed by atoms with Crippen LogP contribution in [-0.4, -0.2) is 30.8 Å². The molecule has 0 atom stereocenters. The Morgan fingerprint density at radius 1 is 1.40 bits per heavy atom. The molecule has 0 aliphatic heterocycles. The Labute approximate surface area is 119 Å². The summed E-state index contributed by atoms with van der Waals surface area (Å²) >= 11 is 0. The minimum absolute atomic E-state index is 0.252. The van der Waals surface area contributed by atoms with Crippen LogP contribution in [0.25, 0.3) is 11.0 Å². The highest BCUT2D eigenvalue weighted by Crippen LogP contribution is 2.23. The van der Waals surface area contributed by atoms with Crippen LogP contribution in [0, 0.1) is 0 Å². The summed E-state index contributed by atoms with van der Waals surface area (Å²) in [5, 5.41) is 0. The first-order valence-electron chi connectivity index (χ1n) is 6.48. The van der Waals surface area contributed by atoms with E-state index in [1.807, 2.05) is 22.8 Å². The lowest BCUT2D eigenvalue weighted by Crippen LogP contribution is -2.26. The summed E-state index contributed by atoms with van der Waals surface area (Å²) < 4.78 is 26.8. The van der Waals surface area contributed by atoms with Crippen molar-refractivity contribution in [2.75, 3.05) is 18.5 Å². The number of benzene rings is 1. The molecule has 1 heterocycles. The van der Waals surface area contributed by atoms with E-state index in [2.05, 4.69) is 23.6 Å². The summed E-state index contributed by atoms with van der Waals surface area (Å²) in [6.07, 6.45) is 1.16. The predicted molar refractivity (Wildman–Crippen MR) is 81.1 cm³/mol. The number of imidazole rings is 1. The second-order valence-corrected chi connectivity index (χ2v) is 7.02. The molecule has 0 radical (unpaired) electrons. The van der Waals surface area contributed by atoms with Crippen LogP contribution in [-0.2, 0) is 16.6 Å². The van der Waals surface area contributed by atoms with Crippen LogP contribution >= 0.6 is 0 Å². The summed E-state index contributed by atoms with van der Waals surface area (Å²) in [5.41, 5.74) is 8.26. The number of nitrogen functional groups attached to an aromatic ring is 1. The number of nitrogens with one attached hydrogen (secondary N) is 1. The Balaban J connectivity index is 2.36. The van der Waals surface area contributed by atoms with E-state index in [1.165, 1.54) is 0 Å². The lowest BCUT2D eigenvalue weighted by molar-refractivity contribution is 0.573. The molecular formula is C13H20N4O2S. The molecule has 20 heavy (non-hydrogen) atoms. The zero-order valence-corrected chi connectivity index (χ0v) is 12.7. The standard InChI is InChI=1S/C13H20N4O2S/c1-9(2)13-16-11-8-10(14)4-5-12(11)17(13)7-6-15-20(3,18)19/h4-5,8-9,15H,6-7,14H2,1-3H3. The molecule has 2 rings (SSSR count). The zero-order valence-electron chi connectivity index (χ0n) is 11.9. The van der Waals surface area contributed by atoms with Crippen LogP contribution in [0.5, 0.6) is 0 Å². The molecule has 0 bridgehead atoms. The minimum atomic E-state index is -3.17. The van der Waals surface area contributed by atoms with Crippen LogP contribution in [0.3, 0.4) is 0 Å². The summed E-state index contributed by atoms with van der Waals surface area (Å²) in [4.78, 5) is 4.59. The molecule has 7 heteroatoms. The number of hydrogen-bond acceptors (Lipinski definition) is 4. The first kappa shape index (κ1) is 14.8. The normalized spacial score (nSPS) is 12.4. The van der Waals surface area contributed by atoms with Gasteiger partial charge in [-0.2, -0.15) is 0 Å². The molecule has 0 fully saturated rings. The maximum absolute atomic E-state index is 11.1. The number of nitrogens with zero attached hydrogens (tertiary/aromatic N) is 2. The molecule has 2 aromatic rings. The third-order valence-corrected chi connectivity index (χ3v) is 3.75. The fourth-order valence-electron chi connectivity index (χ4n) is 2.18. The van der Waals surface area contributed by atoms with Gasteiger partial charge in [0, 0.05) is 24.7 Å². The number of fused-ring (bicyclic) bond motifs is 1. The fraction of sp³-hybridized carbons (Fsp3) is 0.462. The van der Waals surface area contributed by atoms with Crippen molar-refractivity contribution >= 4 is 26.7 Å². The molecule has 3 N–H and O–H groups in total. The summed E-state index contributed by atoms with van der Waals surface area (Å²) in [6, 6.07) is 5.58. The van der Waals surface area contributed by atoms with Gasteiger partial charge in [0.05, 0.1) is 17.3 Å². The van der Waals surface area contributed by atoms with Crippen LogP contribution in [0.15, 0.2) is 18.2 Å². The van der Waals surface area contributed by atoms with Gasteiger partial charge in [0.2, 0.25) is 10.0 Å². The van der Waals surface area contributed by atoms with Gasteiger partial charge in [-0.25, -0.2) is 18.1 Å². The van der Waals surface area contributed by atoms with Crippen LogP contribution in [0.1, 0.15) is 25.6 Å². The number of sulfonamides is 1. The highest BCUT2D eigenvalue weighted by atomic mass is 32.2. The molecule has 0 spiro atoms. The van der Waals surface area contributed by atoms with E-state index in [9.17, 15) is 8.42 Å². The fourth-order valence-corrected chi connectivity index (χ4v) is 2.65. The Hall–Kier alpha value is -1.60. The SMILES string of the molecule is CC(C)c1nc2cc(N)ccc2n1CCNS(C)(=O)=O. The zero-order chi connectivity index (χ0) is 14.9. The summed E-state index contributed by atoms with van der Waals surface area (Å²) in [6.45, 7) is 5.01. The van der Waals surface area contributed by atoms with Gasteiger partial charge in [-0.15, -0.1) is 0 Å². The van der Waals surface area contributed by atoms with Crippen molar-refractivity contribution in [2.24, 2.45) is 0 Å². The Morgan fingerprint density at radius 3 is 2.70 bits per heavy atom. The second kappa shape index (κ2) is 5.41. The molecule has 1 aromatic carbocycles. The minimum Gasteiger partial charge on any atom is -0.399 e. The van der Waals surface area contributed by atoms with E-state index in [-0.39, 0.29) is 5.92 Å². The smallest absolute Gasteiger partial charge is 0.208 e. The van der Waals surface area contributed by atoms with E-state index in [4.69, 9.17) is 5.73 Å². The van der Waals surface area contributed by atoms with Gasteiger partial charge < -0.3 is 10.3 Å². The lowest BCUT2D eigenvalue weighted by atomic mass is 10.2. The van der Waals surface area contributed by atoms with Gasteiger partial charge >= 0.3 is 0 Å². The quantitative estimate of drug-likeness (QED) is 0.814. The average Bonchev–Trinajstić information content (AvgIpc) is 2.66. The molecule has 0 amide bonds. The van der Waals surface area contributed by atoms with Gasteiger partial charge in [0.1, 0.15) is 5.82 Å². The topological polar surface area (TPSA) is 90.0 Å². The van der Waals surface area contributed by atoms with Gasteiger partial charge in [-0.3, -0.25) is 0 Å². The van der Waals surface area contributed by atoms with Crippen molar-refractivity contribution < 1.29 is 8.42 Å². The Kier molecular flexibility index (Phi) is 4.01. The van der Waals surface area contributed by atoms with E-state index in [0.717, 1.165) is 23.1 Å². The molecule has 110 valence electrons. The van der Waals surface area contributed by atoms with Crippen molar-refractivity contribution in [1.29, 1.82) is 0 Å².